The lowest BCUT2D eigenvalue weighted by Crippen LogP contribution is -2.26. The monoisotopic (exact) mass is 286 g/mol. The van der Waals surface area contributed by atoms with Gasteiger partial charge >= 0.3 is 5.97 Å². The maximum atomic E-state index is 11.0. The fraction of sp³-hybridized carbons (Fsp3) is 0.875. The molecule has 3 nitrogen and oxygen atoms in total. The molecule has 0 heterocycles. The fourth-order valence-electron chi connectivity index (χ4n) is 0.581. The predicted octanol–water partition coefficient (Wildman–Crippen LogP) is 1.78. The van der Waals surface area contributed by atoms with Crippen molar-refractivity contribution in [3.8, 4) is 0 Å². The Hall–Kier alpha value is 0.160. The molecule has 0 N–H and O–H groups in total. The molecule has 0 bridgehead atoms. The first-order chi connectivity index (χ1) is 5.45. The van der Waals surface area contributed by atoms with Crippen LogP contribution < -0.4 is 0 Å². The summed E-state index contributed by atoms with van der Waals surface area (Å²) in [6.45, 7) is 6.16. The van der Waals surface area contributed by atoms with Crippen LogP contribution in [0.15, 0.2) is 0 Å². The maximum absolute atomic E-state index is 11.0. The van der Waals surface area contributed by atoms with Crippen LogP contribution in [0.1, 0.15) is 20.8 Å². The molecule has 0 saturated carbocycles. The molecule has 0 fully saturated rings. The summed E-state index contributed by atoms with van der Waals surface area (Å²) in [4.78, 5) is 11.0. The van der Waals surface area contributed by atoms with Crippen LogP contribution in [0.5, 0.6) is 0 Å². The fourth-order valence-corrected chi connectivity index (χ4v) is 0.892. The van der Waals surface area contributed by atoms with E-state index in [1.807, 2.05) is 20.8 Å². The third kappa shape index (κ3) is 8.26. The Morgan fingerprint density at radius 1 is 1.42 bits per heavy atom. The third-order valence-corrected chi connectivity index (χ3v) is 1.30. The van der Waals surface area contributed by atoms with E-state index >= 15 is 0 Å². The lowest BCUT2D eigenvalue weighted by atomic mass is 10.2. The summed E-state index contributed by atoms with van der Waals surface area (Å²) in [6.07, 6.45) is 0. The summed E-state index contributed by atoms with van der Waals surface area (Å²) < 4.78 is 10.9. The van der Waals surface area contributed by atoms with Gasteiger partial charge in [0.15, 0.2) is 0 Å². The van der Waals surface area contributed by atoms with Gasteiger partial charge in [0.2, 0.25) is 0 Å². The van der Waals surface area contributed by atoms with E-state index in [0.29, 0.717) is 6.61 Å². The van der Waals surface area contributed by atoms with E-state index in [1.54, 1.807) is 0 Å². The number of carbonyl (C=O) groups is 1. The maximum Gasteiger partial charge on any atom is 0.332 e. The van der Waals surface area contributed by atoms with Crippen molar-refractivity contribution in [1.82, 2.24) is 0 Å². The third-order valence-electron chi connectivity index (χ3n) is 0.861. The average Bonchev–Trinajstić information content (AvgIpc) is 1.84. The van der Waals surface area contributed by atoms with Gasteiger partial charge in [-0.1, -0.05) is 22.6 Å². The Morgan fingerprint density at radius 3 is 2.42 bits per heavy atom. The summed E-state index contributed by atoms with van der Waals surface area (Å²) in [5.74, 6) is -0.299. The van der Waals surface area contributed by atoms with Gasteiger partial charge in [-0.05, 0) is 20.8 Å². The van der Waals surface area contributed by atoms with Gasteiger partial charge in [0.05, 0.1) is 6.61 Å². The van der Waals surface area contributed by atoms with Gasteiger partial charge in [-0.15, -0.1) is 0 Å². The molecule has 0 rings (SSSR count). The van der Waals surface area contributed by atoms with Crippen molar-refractivity contribution in [3.05, 3.63) is 0 Å². The van der Waals surface area contributed by atoms with Crippen molar-refractivity contribution in [3.63, 3.8) is 0 Å². The molecule has 0 aliphatic rings. The number of hydrogen-bond donors (Lipinski definition) is 0. The van der Waals surface area contributed by atoms with Crippen LogP contribution in [0.2, 0.25) is 0 Å². The first-order valence-electron chi connectivity index (χ1n) is 3.81. The lowest BCUT2D eigenvalue weighted by molar-refractivity contribution is -0.159. The number of carbonyl (C=O) groups excluding carboxylic acids is 1. The van der Waals surface area contributed by atoms with Gasteiger partial charge in [-0.2, -0.15) is 0 Å². The molecule has 0 aromatic heterocycles. The van der Waals surface area contributed by atoms with Crippen molar-refractivity contribution >= 4 is 28.6 Å². The van der Waals surface area contributed by atoms with Gasteiger partial charge in [0.25, 0.3) is 0 Å². The van der Waals surface area contributed by atoms with Gasteiger partial charge < -0.3 is 9.47 Å². The van der Waals surface area contributed by atoms with Gasteiger partial charge in [-0.25, -0.2) is 4.79 Å². The van der Waals surface area contributed by atoms with Crippen LogP contribution in [-0.4, -0.2) is 29.2 Å². The van der Waals surface area contributed by atoms with E-state index in [2.05, 4.69) is 22.6 Å². The van der Waals surface area contributed by atoms with Crippen LogP contribution >= 0.6 is 22.6 Å². The van der Waals surface area contributed by atoms with E-state index in [-0.39, 0.29) is 12.6 Å². The van der Waals surface area contributed by atoms with Crippen LogP contribution in [0.3, 0.4) is 0 Å². The SMILES string of the molecule is CC(C)(C)OC(=O)COCCI. The molecule has 0 aromatic rings. The van der Waals surface area contributed by atoms with Crippen molar-refractivity contribution in [2.75, 3.05) is 17.6 Å². The Morgan fingerprint density at radius 2 is 2.00 bits per heavy atom. The smallest absolute Gasteiger partial charge is 0.332 e. The van der Waals surface area contributed by atoms with E-state index in [4.69, 9.17) is 9.47 Å². The van der Waals surface area contributed by atoms with E-state index in [9.17, 15) is 4.79 Å². The number of esters is 1. The second kappa shape index (κ2) is 5.75. The summed E-state index contributed by atoms with van der Waals surface area (Å²) in [5, 5.41) is 0. The Labute approximate surface area is 86.9 Å². The van der Waals surface area contributed by atoms with Crippen LogP contribution in [0, 0.1) is 0 Å². The summed E-state index contributed by atoms with van der Waals surface area (Å²) >= 11 is 2.19. The first-order valence-corrected chi connectivity index (χ1v) is 5.34. The second-order valence-electron chi connectivity index (χ2n) is 3.33. The molecule has 4 heteroatoms. The average molecular weight is 286 g/mol. The minimum atomic E-state index is -0.412. The normalized spacial score (nSPS) is 11.3. The van der Waals surface area contributed by atoms with Gasteiger partial charge in [0.1, 0.15) is 12.2 Å². The standard InChI is InChI=1S/C8H15IO3/c1-8(2,3)12-7(10)6-11-5-4-9/h4-6H2,1-3H3. The summed E-state index contributed by atoms with van der Waals surface area (Å²) in [5.41, 5.74) is -0.412. The quantitative estimate of drug-likeness (QED) is 0.342. The lowest BCUT2D eigenvalue weighted by Gasteiger charge is -2.19. The zero-order chi connectivity index (χ0) is 9.61. The van der Waals surface area contributed by atoms with Crippen LogP contribution in [0.25, 0.3) is 0 Å². The largest absolute Gasteiger partial charge is 0.458 e. The molecule has 12 heavy (non-hydrogen) atoms. The van der Waals surface area contributed by atoms with Crippen molar-refractivity contribution in [2.45, 2.75) is 26.4 Å². The summed E-state index contributed by atoms with van der Waals surface area (Å²) in [7, 11) is 0. The minimum absolute atomic E-state index is 0.0558. The zero-order valence-electron chi connectivity index (χ0n) is 7.72. The predicted molar refractivity (Wildman–Crippen MR) is 55.6 cm³/mol. The summed E-state index contributed by atoms with van der Waals surface area (Å²) in [6, 6.07) is 0. The molecule has 0 aromatic carbocycles. The Kier molecular flexibility index (Phi) is 5.82. The number of alkyl halides is 1. The van der Waals surface area contributed by atoms with E-state index < -0.39 is 5.60 Å². The topological polar surface area (TPSA) is 35.5 Å². The van der Waals surface area contributed by atoms with E-state index in [1.165, 1.54) is 0 Å². The highest BCUT2D eigenvalue weighted by Crippen LogP contribution is 2.06. The Bertz CT molecular complexity index is 140. The van der Waals surface area contributed by atoms with Gasteiger partial charge in [0, 0.05) is 4.43 Å². The highest BCUT2D eigenvalue weighted by atomic mass is 127. The number of ether oxygens (including phenoxy) is 2. The van der Waals surface area contributed by atoms with Gasteiger partial charge in [-0.3, -0.25) is 0 Å². The molecule has 0 aliphatic carbocycles. The van der Waals surface area contributed by atoms with Crippen molar-refractivity contribution < 1.29 is 14.3 Å². The molecule has 0 unspecified atom stereocenters. The second-order valence-corrected chi connectivity index (χ2v) is 4.41. The first kappa shape index (κ1) is 12.2. The number of hydrogen-bond acceptors (Lipinski definition) is 3. The zero-order valence-corrected chi connectivity index (χ0v) is 9.88. The molecule has 0 amide bonds. The van der Waals surface area contributed by atoms with Crippen LogP contribution in [0.4, 0.5) is 0 Å². The van der Waals surface area contributed by atoms with E-state index in [0.717, 1.165) is 4.43 Å². The highest BCUT2D eigenvalue weighted by molar-refractivity contribution is 14.1. The molecule has 0 saturated heterocycles. The molecule has 0 spiro atoms. The molecule has 0 radical (unpaired) electrons. The molecule has 0 atom stereocenters. The molecular formula is C8H15IO3. The van der Waals surface area contributed by atoms with Crippen molar-refractivity contribution in [1.29, 1.82) is 0 Å². The van der Waals surface area contributed by atoms with Crippen molar-refractivity contribution in [2.24, 2.45) is 0 Å². The molecule has 0 aliphatic heterocycles. The minimum Gasteiger partial charge on any atom is -0.458 e. The number of rotatable bonds is 4. The van der Waals surface area contributed by atoms with Crippen LogP contribution in [-0.2, 0) is 14.3 Å². The molecule has 72 valence electrons. The Balaban J connectivity index is 3.47. The molecular weight excluding hydrogens is 271 g/mol. The highest BCUT2D eigenvalue weighted by Gasteiger charge is 2.15. The number of halogens is 1.